The van der Waals surface area contributed by atoms with E-state index in [2.05, 4.69) is 5.32 Å². The number of nitrogens with zero attached hydrogens (tertiary/aromatic N) is 1. The van der Waals surface area contributed by atoms with E-state index in [9.17, 15) is 9.59 Å². The molecule has 0 aromatic rings. The van der Waals surface area contributed by atoms with Gasteiger partial charge in [-0.3, -0.25) is 9.69 Å². The van der Waals surface area contributed by atoms with Crippen molar-refractivity contribution in [3.8, 4) is 0 Å². The first-order valence-corrected chi connectivity index (χ1v) is 7.90. The van der Waals surface area contributed by atoms with Crippen LogP contribution in [-0.2, 0) is 9.53 Å². The second kappa shape index (κ2) is 5.72. The number of rotatable bonds is 3. The molecule has 1 N–H and O–H groups in total. The second-order valence-corrected chi connectivity index (χ2v) is 6.40. The standard InChI is InChI=1S/C15H24N2O3/c1-10(11-5-2-3-6-11)17-14(18)13(16-15(17)19)12-7-4-8-20-9-12/h10-13H,2-9H2,1H3,(H,16,19)/t10-,12?,13?/m1/s1. The molecule has 0 aromatic carbocycles. The number of amides is 3. The maximum absolute atomic E-state index is 12.6. The smallest absolute Gasteiger partial charge is 0.325 e. The Labute approximate surface area is 120 Å². The predicted octanol–water partition coefficient (Wildman–Crippen LogP) is 1.91. The van der Waals surface area contributed by atoms with Crippen LogP contribution in [0.4, 0.5) is 4.79 Å². The van der Waals surface area contributed by atoms with Crippen molar-refractivity contribution in [1.29, 1.82) is 0 Å². The first kappa shape index (κ1) is 13.9. The Morgan fingerprint density at radius 2 is 1.95 bits per heavy atom. The molecule has 0 radical (unpaired) electrons. The van der Waals surface area contributed by atoms with Gasteiger partial charge in [0.2, 0.25) is 0 Å². The minimum Gasteiger partial charge on any atom is -0.381 e. The van der Waals surface area contributed by atoms with Gasteiger partial charge in [-0.05, 0) is 38.5 Å². The Morgan fingerprint density at radius 1 is 1.20 bits per heavy atom. The van der Waals surface area contributed by atoms with E-state index < -0.39 is 0 Å². The quantitative estimate of drug-likeness (QED) is 0.803. The monoisotopic (exact) mass is 280 g/mol. The van der Waals surface area contributed by atoms with E-state index in [1.807, 2.05) is 6.92 Å². The normalized spacial score (nSPS) is 33.5. The highest BCUT2D eigenvalue weighted by Crippen LogP contribution is 2.32. The van der Waals surface area contributed by atoms with Crippen molar-refractivity contribution < 1.29 is 14.3 Å². The molecule has 2 unspecified atom stereocenters. The molecule has 1 saturated carbocycles. The van der Waals surface area contributed by atoms with Crippen LogP contribution in [0, 0.1) is 11.8 Å². The maximum Gasteiger partial charge on any atom is 0.325 e. The lowest BCUT2D eigenvalue weighted by Crippen LogP contribution is -2.44. The minimum atomic E-state index is -0.369. The molecule has 3 amide bonds. The SMILES string of the molecule is C[C@H](C1CCCC1)N1C(=O)NC(C2CCCOC2)C1=O. The molecule has 112 valence electrons. The van der Waals surface area contributed by atoms with E-state index in [1.165, 1.54) is 17.7 Å². The molecular formula is C15H24N2O3. The first-order chi connectivity index (χ1) is 9.68. The first-order valence-electron chi connectivity index (χ1n) is 7.90. The fraction of sp³-hybridized carbons (Fsp3) is 0.867. The highest BCUT2D eigenvalue weighted by Gasteiger charge is 2.46. The lowest BCUT2D eigenvalue weighted by molar-refractivity contribution is -0.131. The zero-order valence-electron chi connectivity index (χ0n) is 12.1. The van der Waals surface area contributed by atoms with Crippen LogP contribution in [0.1, 0.15) is 45.4 Å². The molecule has 3 atom stereocenters. The molecule has 0 bridgehead atoms. The van der Waals surface area contributed by atoms with Gasteiger partial charge < -0.3 is 10.1 Å². The fourth-order valence-electron chi connectivity index (χ4n) is 3.90. The highest BCUT2D eigenvalue weighted by atomic mass is 16.5. The fourth-order valence-corrected chi connectivity index (χ4v) is 3.90. The third kappa shape index (κ3) is 2.43. The van der Waals surface area contributed by atoms with Crippen LogP contribution in [0.15, 0.2) is 0 Å². The molecule has 1 aliphatic carbocycles. The molecule has 2 aliphatic heterocycles. The van der Waals surface area contributed by atoms with Crippen molar-refractivity contribution in [2.45, 2.75) is 57.5 Å². The largest absolute Gasteiger partial charge is 0.381 e. The summed E-state index contributed by atoms with van der Waals surface area (Å²) in [5.41, 5.74) is 0. The summed E-state index contributed by atoms with van der Waals surface area (Å²) in [4.78, 5) is 26.3. The molecule has 0 spiro atoms. The molecule has 2 heterocycles. The van der Waals surface area contributed by atoms with Crippen molar-refractivity contribution in [1.82, 2.24) is 10.2 Å². The van der Waals surface area contributed by atoms with Crippen LogP contribution in [0.5, 0.6) is 0 Å². The van der Waals surface area contributed by atoms with Crippen molar-refractivity contribution in [3.05, 3.63) is 0 Å². The zero-order valence-corrected chi connectivity index (χ0v) is 12.1. The zero-order chi connectivity index (χ0) is 14.1. The van der Waals surface area contributed by atoms with Crippen LogP contribution in [-0.4, -0.2) is 42.1 Å². The number of carbonyl (C=O) groups is 2. The second-order valence-electron chi connectivity index (χ2n) is 6.40. The highest BCUT2D eigenvalue weighted by molar-refractivity contribution is 6.04. The van der Waals surface area contributed by atoms with E-state index in [0.29, 0.717) is 12.5 Å². The number of nitrogens with one attached hydrogen (secondary N) is 1. The lowest BCUT2D eigenvalue weighted by Gasteiger charge is -2.28. The summed E-state index contributed by atoms with van der Waals surface area (Å²) < 4.78 is 5.45. The number of imide groups is 1. The summed E-state index contributed by atoms with van der Waals surface area (Å²) in [6.45, 7) is 3.38. The summed E-state index contributed by atoms with van der Waals surface area (Å²) in [5, 5.41) is 2.89. The van der Waals surface area contributed by atoms with Gasteiger partial charge in [-0.15, -0.1) is 0 Å². The molecule has 0 aromatic heterocycles. The van der Waals surface area contributed by atoms with Crippen molar-refractivity contribution >= 4 is 11.9 Å². The molecule has 3 aliphatic rings. The Hall–Kier alpha value is -1.10. The molecular weight excluding hydrogens is 256 g/mol. The third-order valence-corrected chi connectivity index (χ3v) is 5.16. The van der Waals surface area contributed by atoms with Gasteiger partial charge in [0.25, 0.3) is 5.91 Å². The summed E-state index contributed by atoms with van der Waals surface area (Å²) >= 11 is 0. The van der Waals surface area contributed by atoms with Crippen LogP contribution in [0.2, 0.25) is 0 Å². The van der Waals surface area contributed by atoms with Gasteiger partial charge in [0, 0.05) is 18.6 Å². The summed E-state index contributed by atoms with van der Waals surface area (Å²) in [6.07, 6.45) is 6.65. The van der Waals surface area contributed by atoms with E-state index in [1.54, 1.807) is 0 Å². The van der Waals surface area contributed by atoms with Gasteiger partial charge in [-0.1, -0.05) is 12.8 Å². The van der Waals surface area contributed by atoms with Crippen LogP contribution < -0.4 is 5.32 Å². The van der Waals surface area contributed by atoms with E-state index in [4.69, 9.17) is 4.74 Å². The Morgan fingerprint density at radius 3 is 2.60 bits per heavy atom. The maximum atomic E-state index is 12.6. The van der Waals surface area contributed by atoms with E-state index in [-0.39, 0.29) is 29.9 Å². The van der Waals surface area contributed by atoms with Crippen molar-refractivity contribution in [2.75, 3.05) is 13.2 Å². The van der Waals surface area contributed by atoms with Crippen molar-refractivity contribution in [3.63, 3.8) is 0 Å². The minimum absolute atomic E-state index is 0.0273. The lowest BCUT2D eigenvalue weighted by atomic mass is 9.93. The van der Waals surface area contributed by atoms with Gasteiger partial charge in [0.1, 0.15) is 6.04 Å². The molecule has 3 rings (SSSR count). The summed E-state index contributed by atoms with van der Waals surface area (Å²) in [7, 11) is 0. The average molecular weight is 280 g/mol. The van der Waals surface area contributed by atoms with Gasteiger partial charge in [-0.25, -0.2) is 4.79 Å². The van der Waals surface area contributed by atoms with E-state index >= 15 is 0 Å². The van der Waals surface area contributed by atoms with Gasteiger partial charge >= 0.3 is 6.03 Å². The Kier molecular flexibility index (Phi) is 3.96. The predicted molar refractivity (Wildman–Crippen MR) is 74.1 cm³/mol. The Balaban J connectivity index is 1.69. The third-order valence-electron chi connectivity index (χ3n) is 5.16. The number of hydrogen-bond donors (Lipinski definition) is 1. The molecule has 2 saturated heterocycles. The number of carbonyl (C=O) groups excluding carboxylic acids is 2. The molecule has 3 fully saturated rings. The number of ether oxygens (including phenoxy) is 1. The topological polar surface area (TPSA) is 58.6 Å². The summed E-state index contributed by atoms with van der Waals surface area (Å²) in [6, 6.07) is -0.545. The molecule has 5 nitrogen and oxygen atoms in total. The van der Waals surface area contributed by atoms with Gasteiger partial charge in [0.05, 0.1) is 6.61 Å². The number of hydrogen-bond acceptors (Lipinski definition) is 3. The van der Waals surface area contributed by atoms with Crippen molar-refractivity contribution in [2.24, 2.45) is 11.8 Å². The Bertz CT molecular complexity index is 387. The summed E-state index contributed by atoms with van der Waals surface area (Å²) in [5.74, 6) is 0.580. The van der Waals surface area contributed by atoms with E-state index in [0.717, 1.165) is 32.3 Å². The van der Waals surface area contributed by atoms with Gasteiger partial charge in [0.15, 0.2) is 0 Å². The number of urea groups is 1. The van der Waals surface area contributed by atoms with Crippen LogP contribution in [0.25, 0.3) is 0 Å². The van der Waals surface area contributed by atoms with Crippen LogP contribution >= 0.6 is 0 Å². The molecule has 5 heteroatoms. The molecule has 20 heavy (non-hydrogen) atoms. The van der Waals surface area contributed by atoms with Crippen LogP contribution in [0.3, 0.4) is 0 Å². The van der Waals surface area contributed by atoms with Gasteiger partial charge in [-0.2, -0.15) is 0 Å². The average Bonchev–Trinajstić information content (AvgIpc) is 3.08.